The first-order chi connectivity index (χ1) is 27.3. The summed E-state index contributed by atoms with van der Waals surface area (Å²) < 4.78 is 4.61. The molecule has 0 aromatic heterocycles. The third kappa shape index (κ3) is 24.7. The van der Waals surface area contributed by atoms with Crippen molar-refractivity contribution in [1.82, 2.24) is 0 Å². The number of carbonyl (C=O) groups excluding carboxylic acids is 3. The fourth-order valence-electron chi connectivity index (χ4n) is 8.05. The zero-order chi connectivity index (χ0) is 40.6. The number of rotatable bonds is 23. The molecule has 307 valence electrons. The SMILES string of the molecule is CC1(C)CC(N=C=O)CC(C)(CN=C=O)C1.CCCCCCCCCCCCCCCCCCN=C=O.[Al].c1cc[c]([Bi]([c]2ccccc2)[c]2ccccc2)cc1. The first-order valence-corrected chi connectivity index (χ1v) is 26.6. The van der Waals surface area contributed by atoms with Gasteiger partial charge in [0.25, 0.3) is 0 Å². The van der Waals surface area contributed by atoms with Gasteiger partial charge in [-0.15, -0.1) is 0 Å². The molecule has 1 aliphatic carbocycles. The number of hydrogen-bond donors (Lipinski definition) is 0. The summed E-state index contributed by atoms with van der Waals surface area (Å²) in [5.74, 6) is 0. The molecule has 6 nitrogen and oxygen atoms in total. The van der Waals surface area contributed by atoms with Crippen LogP contribution < -0.4 is 9.81 Å². The molecule has 0 N–H and O–H groups in total. The number of nitrogens with zero attached hydrogens (tertiary/aromatic N) is 3. The van der Waals surface area contributed by atoms with Crippen molar-refractivity contribution in [2.24, 2.45) is 25.8 Å². The molecule has 0 spiro atoms. The van der Waals surface area contributed by atoms with Gasteiger partial charge in [-0.3, -0.25) is 0 Å². The molecule has 0 heterocycles. The van der Waals surface area contributed by atoms with Crippen molar-refractivity contribution < 1.29 is 14.4 Å². The Morgan fingerprint density at radius 3 is 1.30 bits per heavy atom. The zero-order valence-electron chi connectivity index (χ0n) is 35.7. The van der Waals surface area contributed by atoms with Crippen LogP contribution in [-0.2, 0) is 14.4 Å². The summed E-state index contributed by atoms with van der Waals surface area (Å²) in [7, 11) is 0. The second-order valence-electron chi connectivity index (χ2n) is 16.5. The summed E-state index contributed by atoms with van der Waals surface area (Å²) in [5, 5.41) is 0. The van der Waals surface area contributed by atoms with E-state index in [1.807, 2.05) is 0 Å². The molecule has 1 aliphatic rings. The van der Waals surface area contributed by atoms with E-state index in [0.717, 1.165) is 25.7 Å². The van der Waals surface area contributed by atoms with E-state index < -0.39 is 21.8 Å². The van der Waals surface area contributed by atoms with Crippen LogP contribution in [0.4, 0.5) is 0 Å². The van der Waals surface area contributed by atoms with E-state index in [0.29, 0.717) is 13.1 Å². The van der Waals surface area contributed by atoms with Gasteiger partial charge in [0.15, 0.2) is 0 Å². The van der Waals surface area contributed by atoms with Gasteiger partial charge in [0, 0.05) is 17.4 Å². The Bertz CT molecular complexity index is 1480. The van der Waals surface area contributed by atoms with E-state index >= 15 is 0 Å². The fourth-order valence-corrected chi connectivity index (χ4v) is 17.0. The van der Waals surface area contributed by atoms with Crippen LogP contribution in [0.2, 0.25) is 0 Å². The minimum atomic E-state index is -2.06. The minimum absolute atomic E-state index is 0. The van der Waals surface area contributed by atoms with E-state index in [2.05, 4.69) is 134 Å². The van der Waals surface area contributed by atoms with Crippen LogP contribution in [0.1, 0.15) is 150 Å². The second kappa shape index (κ2) is 33.1. The molecule has 1 saturated carbocycles. The molecule has 8 heteroatoms. The van der Waals surface area contributed by atoms with Crippen molar-refractivity contribution >= 4 is 67.2 Å². The van der Waals surface area contributed by atoms with Crippen LogP contribution in [0.15, 0.2) is 106 Å². The molecule has 3 aromatic carbocycles. The molecular weight excluding hydrogens is 915 g/mol. The summed E-state index contributed by atoms with van der Waals surface area (Å²) in [6, 6.07) is 33.0. The Hall–Kier alpha value is -2.78. The Balaban J connectivity index is 0.000000427. The summed E-state index contributed by atoms with van der Waals surface area (Å²) in [6.07, 6.45) is 29.5. The molecule has 0 aliphatic heterocycles. The third-order valence-corrected chi connectivity index (χ3v) is 19.9. The van der Waals surface area contributed by atoms with Crippen molar-refractivity contribution in [3.63, 3.8) is 0 Å². The molecule has 3 radical (unpaired) electrons. The van der Waals surface area contributed by atoms with Gasteiger partial charge in [-0.2, -0.15) is 0 Å². The zero-order valence-corrected chi connectivity index (χ0v) is 40.3. The number of hydrogen-bond acceptors (Lipinski definition) is 6. The summed E-state index contributed by atoms with van der Waals surface area (Å²) >= 11 is -2.06. The quantitative estimate of drug-likeness (QED) is 0.0410. The van der Waals surface area contributed by atoms with Crippen LogP contribution >= 0.6 is 0 Å². The van der Waals surface area contributed by atoms with Crippen LogP contribution in [0, 0.1) is 10.8 Å². The predicted octanol–water partition coefficient (Wildman–Crippen LogP) is 10.6. The molecule has 0 amide bonds. The predicted molar refractivity (Wildman–Crippen MR) is 243 cm³/mol. The van der Waals surface area contributed by atoms with E-state index in [4.69, 9.17) is 0 Å². The first kappa shape index (κ1) is 52.2. The van der Waals surface area contributed by atoms with Gasteiger partial charge in [-0.05, 0) is 36.5 Å². The van der Waals surface area contributed by atoms with Gasteiger partial charge >= 0.3 is 123 Å². The molecule has 0 saturated heterocycles. The summed E-state index contributed by atoms with van der Waals surface area (Å²) in [5.41, 5.74) is 0.0561. The number of benzene rings is 3. The molecule has 3 aromatic rings. The van der Waals surface area contributed by atoms with Crippen LogP contribution in [0.5, 0.6) is 0 Å². The Morgan fingerprint density at radius 2 is 0.930 bits per heavy atom. The van der Waals surface area contributed by atoms with Gasteiger partial charge in [0.2, 0.25) is 18.2 Å². The van der Waals surface area contributed by atoms with Crippen molar-refractivity contribution in [3.05, 3.63) is 91.0 Å². The molecule has 0 bridgehead atoms. The molecular formula is C49H70AlBiN3O3. The molecule has 2 unspecified atom stereocenters. The first-order valence-electron chi connectivity index (χ1n) is 21.4. The average molecular weight is 985 g/mol. The topological polar surface area (TPSA) is 88.3 Å². The number of aliphatic imine (C=N–C) groups is 3. The second-order valence-corrected chi connectivity index (χ2v) is 25.1. The molecule has 57 heavy (non-hydrogen) atoms. The van der Waals surface area contributed by atoms with Crippen molar-refractivity contribution in [2.75, 3.05) is 13.1 Å². The normalized spacial score (nSPS) is 16.5. The standard InChI is InChI=1S/C19H37NO.C12H18N2O2.3C6H5.Al.Bi/c1-2-3-4-5-6-7-8-9-10-11-12-13-14-15-16-17-18-20-19-21;1-11(2)4-10(14-9-16)5-12(3,6-11)7-13-8-15;3*1-2-4-6-5-3-1;;/h2-18H2,1H3;10H,4-7H2,1-3H3;3*1-5H;;. The van der Waals surface area contributed by atoms with E-state index in [9.17, 15) is 14.4 Å². The third-order valence-electron chi connectivity index (χ3n) is 10.4. The average Bonchev–Trinajstić information content (AvgIpc) is 3.20. The van der Waals surface area contributed by atoms with Crippen LogP contribution in [0.25, 0.3) is 0 Å². The molecule has 4 rings (SSSR count). The Kier molecular flexibility index (Phi) is 30.3. The van der Waals surface area contributed by atoms with Crippen molar-refractivity contribution in [3.8, 4) is 0 Å². The van der Waals surface area contributed by atoms with Crippen LogP contribution in [-0.4, -0.2) is 76.5 Å². The molecule has 1 fully saturated rings. The monoisotopic (exact) mass is 985 g/mol. The van der Waals surface area contributed by atoms with E-state index in [1.54, 1.807) is 18.2 Å². The van der Waals surface area contributed by atoms with Gasteiger partial charge in [-0.1, -0.05) is 124 Å². The summed E-state index contributed by atoms with van der Waals surface area (Å²) in [6.45, 7) is 9.81. The van der Waals surface area contributed by atoms with Gasteiger partial charge in [0.05, 0.1) is 19.1 Å². The van der Waals surface area contributed by atoms with Gasteiger partial charge in [0.1, 0.15) is 0 Å². The number of unbranched alkanes of at least 4 members (excludes halogenated alkanes) is 15. The Morgan fingerprint density at radius 1 is 0.544 bits per heavy atom. The van der Waals surface area contributed by atoms with Crippen LogP contribution in [0.3, 0.4) is 0 Å². The molecule has 2 atom stereocenters. The fraction of sp³-hybridized carbons (Fsp3) is 0.571. The summed E-state index contributed by atoms with van der Waals surface area (Å²) in [4.78, 5) is 41.5. The van der Waals surface area contributed by atoms with E-state index in [-0.39, 0.29) is 34.2 Å². The number of isocyanates is 3. The maximum absolute atomic E-state index is 10.3. The van der Waals surface area contributed by atoms with E-state index in [1.165, 1.54) is 106 Å². The Labute approximate surface area is 364 Å². The van der Waals surface area contributed by atoms with Crippen molar-refractivity contribution in [1.29, 1.82) is 0 Å². The van der Waals surface area contributed by atoms with Gasteiger partial charge in [-0.25, -0.2) is 29.4 Å². The van der Waals surface area contributed by atoms with Gasteiger partial charge < -0.3 is 0 Å². The van der Waals surface area contributed by atoms with Crippen molar-refractivity contribution in [2.45, 2.75) is 156 Å². The maximum atomic E-state index is 10.3.